The van der Waals surface area contributed by atoms with Gasteiger partial charge in [0.1, 0.15) is 5.54 Å². The lowest BCUT2D eigenvalue weighted by Crippen LogP contribution is -2.56. The van der Waals surface area contributed by atoms with Crippen molar-refractivity contribution >= 4 is 11.8 Å². The maximum atomic E-state index is 11.6. The van der Waals surface area contributed by atoms with Gasteiger partial charge in [0.2, 0.25) is 11.8 Å². The van der Waals surface area contributed by atoms with Crippen LogP contribution in [0.1, 0.15) is 26.7 Å². The zero-order valence-corrected chi connectivity index (χ0v) is 10.1. The molecule has 0 aliphatic rings. The Morgan fingerprint density at radius 1 is 1.44 bits per heavy atom. The highest BCUT2D eigenvalue weighted by atomic mass is 16.5. The van der Waals surface area contributed by atoms with Gasteiger partial charge in [0.05, 0.1) is 6.04 Å². The molecule has 16 heavy (non-hydrogen) atoms. The molecule has 0 aliphatic carbocycles. The Labute approximate surface area is 95.7 Å². The summed E-state index contributed by atoms with van der Waals surface area (Å²) in [6, 6.07) is -0.645. The van der Waals surface area contributed by atoms with Crippen molar-refractivity contribution in [3.05, 3.63) is 0 Å². The Morgan fingerprint density at radius 2 is 2.00 bits per heavy atom. The molecular formula is C10H21N3O3. The first-order valence-corrected chi connectivity index (χ1v) is 5.17. The highest BCUT2D eigenvalue weighted by Crippen LogP contribution is 2.02. The van der Waals surface area contributed by atoms with Crippen molar-refractivity contribution in [1.82, 2.24) is 5.32 Å². The van der Waals surface area contributed by atoms with E-state index in [0.717, 1.165) is 0 Å². The molecule has 6 heteroatoms. The van der Waals surface area contributed by atoms with E-state index in [0.29, 0.717) is 19.4 Å². The molecule has 0 bridgehead atoms. The van der Waals surface area contributed by atoms with Crippen LogP contribution in [-0.4, -0.2) is 37.1 Å². The number of amides is 2. The predicted molar refractivity (Wildman–Crippen MR) is 60.5 cm³/mol. The number of nitrogens with one attached hydrogen (secondary N) is 1. The SMILES string of the molecule is COCCCC(N)C(=O)NC(C)(C)C(N)=O. The van der Waals surface area contributed by atoms with E-state index in [2.05, 4.69) is 5.32 Å². The van der Waals surface area contributed by atoms with E-state index in [1.165, 1.54) is 13.8 Å². The molecule has 0 radical (unpaired) electrons. The van der Waals surface area contributed by atoms with Gasteiger partial charge in [-0.05, 0) is 26.7 Å². The molecule has 0 fully saturated rings. The normalized spacial score (nSPS) is 13.2. The Bertz CT molecular complexity index is 254. The van der Waals surface area contributed by atoms with Gasteiger partial charge in [-0.1, -0.05) is 0 Å². The fourth-order valence-electron chi connectivity index (χ4n) is 1.04. The second-order valence-corrected chi connectivity index (χ2v) is 4.22. The summed E-state index contributed by atoms with van der Waals surface area (Å²) in [5.41, 5.74) is 9.70. The minimum atomic E-state index is -1.07. The maximum Gasteiger partial charge on any atom is 0.242 e. The lowest BCUT2D eigenvalue weighted by molar-refractivity contribution is -0.131. The van der Waals surface area contributed by atoms with Crippen LogP contribution in [0.15, 0.2) is 0 Å². The van der Waals surface area contributed by atoms with E-state index >= 15 is 0 Å². The van der Waals surface area contributed by atoms with Crippen LogP contribution in [0.4, 0.5) is 0 Å². The van der Waals surface area contributed by atoms with Gasteiger partial charge in [-0.15, -0.1) is 0 Å². The zero-order valence-electron chi connectivity index (χ0n) is 10.1. The molecular weight excluding hydrogens is 210 g/mol. The van der Waals surface area contributed by atoms with Gasteiger partial charge in [0, 0.05) is 13.7 Å². The van der Waals surface area contributed by atoms with Crippen LogP contribution in [0.2, 0.25) is 0 Å². The van der Waals surface area contributed by atoms with Gasteiger partial charge in [-0.3, -0.25) is 9.59 Å². The van der Waals surface area contributed by atoms with Crippen molar-refractivity contribution in [2.24, 2.45) is 11.5 Å². The fourth-order valence-corrected chi connectivity index (χ4v) is 1.04. The number of carbonyl (C=O) groups excluding carboxylic acids is 2. The highest BCUT2D eigenvalue weighted by molar-refractivity contribution is 5.91. The molecule has 1 unspecified atom stereocenters. The molecule has 5 N–H and O–H groups in total. The molecule has 2 amide bonds. The Morgan fingerprint density at radius 3 is 2.44 bits per heavy atom. The lowest BCUT2D eigenvalue weighted by Gasteiger charge is -2.24. The summed E-state index contributed by atoms with van der Waals surface area (Å²) in [6.07, 6.45) is 1.20. The molecule has 0 spiro atoms. The van der Waals surface area contributed by atoms with E-state index in [1.807, 2.05) is 0 Å². The van der Waals surface area contributed by atoms with Crippen LogP contribution in [0.25, 0.3) is 0 Å². The predicted octanol–water partition coefficient (Wildman–Crippen LogP) is -0.880. The third kappa shape index (κ3) is 5.09. The molecule has 0 aromatic rings. The highest BCUT2D eigenvalue weighted by Gasteiger charge is 2.28. The number of primary amides is 1. The van der Waals surface area contributed by atoms with Gasteiger partial charge in [0.15, 0.2) is 0 Å². The van der Waals surface area contributed by atoms with Crippen molar-refractivity contribution in [1.29, 1.82) is 0 Å². The standard InChI is InChI=1S/C10H21N3O3/c1-10(2,9(12)15)13-8(14)7(11)5-4-6-16-3/h7H,4-6,11H2,1-3H3,(H2,12,15)(H,13,14). The molecule has 94 valence electrons. The Hall–Kier alpha value is -1.14. The average molecular weight is 231 g/mol. The topological polar surface area (TPSA) is 107 Å². The van der Waals surface area contributed by atoms with Crippen molar-refractivity contribution in [3.8, 4) is 0 Å². The fraction of sp³-hybridized carbons (Fsp3) is 0.800. The van der Waals surface area contributed by atoms with Gasteiger partial charge < -0.3 is 21.5 Å². The third-order valence-corrected chi connectivity index (χ3v) is 2.25. The number of ether oxygens (including phenoxy) is 1. The van der Waals surface area contributed by atoms with Gasteiger partial charge in [0.25, 0.3) is 0 Å². The quantitative estimate of drug-likeness (QED) is 0.494. The molecule has 0 saturated heterocycles. The monoisotopic (exact) mass is 231 g/mol. The Kier molecular flexibility index (Phi) is 5.98. The number of rotatable bonds is 7. The van der Waals surface area contributed by atoms with Crippen LogP contribution in [0.3, 0.4) is 0 Å². The summed E-state index contributed by atoms with van der Waals surface area (Å²) >= 11 is 0. The maximum absolute atomic E-state index is 11.6. The minimum Gasteiger partial charge on any atom is -0.385 e. The zero-order chi connectivity index (χ0) is 12.8. The first-order chi connectivity index (χ1) is 7.31. The van der Waals surface area contributed by atoms with E-state index < -0.39 is 17.5 Å². The van der Waals surface area contributed by atoms with E-state index in [9.17, 15) is 9.59 Å². The van der Waals surface area contributed by atoms with Crippen LogP contribution in [-0.2, 0) is 14.3 Å². The molecule has 0 aromatic carbocycles. The molecule has 6 nitrogen and oxygen atoms in total. The largest absolute Gasteiger partial charge is 0.385 e. The number of nitrogens with two attached hydrogens (primary N) is 2. The van der Waals surface area contributed by atoms with E-state index in [1.54, 1.807) is 7.11 Å². The van der Waals surface area contributed by atoms with Crippen LogP contribution >= 0.6 is 0 Å². The molecule has 0 saturated carbocycles. The lowest BCUT2D eigenvalue weighted by atomic mass is 10.0. The van der Waals surface area contributed by atoms with Crippen molar-refractivity contribution < 1.29 is 14.3 Å². The number of methoxy groups -OCH3 is 1. The summed E-state index contributed by atoms with van der Waals surface area (Å²) in [5, 5.41) is 2.50. The first-order valence-electron chi connectivity index (χ1n) is 5.17. The van der Waals surface area contributed by atoms with Crippen LogP contribution < -0.4 is 16.8 Å². The van der Waals surface area contributed by atoms with Crippen molar-refractivity contribution in [3.63, 3.8) is 0 Å². The second kappa shape index (κ2) is 6.44. The smallest absolute Gasteiger partial charge is 0.242 e. The van der Waals surface area contributed by atoms with Crippen LogP contribution in [0, 0.1) is 0 Å². The van der Waals surface area contributed by atoms with Crippen LogP contribution in [0.5, 0.6) is 0 Å². The number of hydrogen-bond donors (Lipinski definition) is 3. The molecule has 0 aliphatic heterocycles. The molecule has 0 aromatic heterocycles. The van der Waals surface area contributed by atoms with Crippen molar-refractivity contribution in [2.75, 3.05) is 13.7 Å². The van der Waals surface area contributed by atoms with E-state index in [-0.39, 0.29) is 5.91 Å². The molecule has 0 rings (SSSR count). The summed E-state index contributed by atoms with van der Waals surface area (Å²) < 4.78 is 4.85. The third-order valence-electron chi connectivity index (χ3n) is 2.25. The summed E-state index contributed by atoms with van der Waals surface area (Å²) in [7, 11) is 1.59. The van der Waals surface area contributed by atoms with Crippen molar-refractivity contribution in [2.45, 2.75) is 38.3 Å². The van der Waals surface area contributed by atoms with E-state index in [4.69, 9.17) is 16.2 Å². The summed E-state index contributed by atoms with van der Waals surface area (Å²) in [6.45, 7) is 3.63. The first kappa shape index (κ1) is 14.9. The molecule has 1 atom stereocenters. The second-order valence-electron chi connectivity index (χ2n) is 4.22. The molecule has 0 heterocycles. The summed E-state index contributed by atoms with van der Waals surface area (Å²) in [4.78, 5) is 22.6. The van der Waals surface area contributed by atoms with Gasteiger partial charge >= 0.3 is 0 Å². The number of carbonyl (C=O) groups is 2. The average Bonchev–Trinajstić information content (AvgIpc) is 2.17. The summed E-state index contributed by atoms with van der Waals surface area (Å²) in [5.74, 6) is -0.968. The van der Waals surface area contributed by atoms with Gasteiger partial charge in [-0.2, -0.15) is 0 Å². The van der Waals surface area contributed by atoms with Gasteiger partial charge in [-0.25, -0.2) is 0 Å². The minimum absolute atomic E-state index is 0.375. The number of hydrogen-bond acceptors (Lipinski definition) is 4. The Balaban J connectivity index is 4.10.